The van der Waals surface area contributed by atoms with E-state index in [9.17, 15) is 4.79 Å². The van der Waals surface area contributed by atoms with Crippen molar-refractivity contribution in [1.82, 2.24) is 0 Å². The number of carbonyl (C=O) groups is 1. The van der Waals surface area contributed by atoms with Gasteiger partial charge in [0.1, 0.15) is 11.5 Å². The first-order valence-corrected chi connectivity index (χ1v) is 9.54. The van der Waals surface area contributed by atoms with Gasteiger partial charge in [-0.3, -0.25) is 4.79 Å². The van der Waals surface area contributed by atoms with Gasteiger partial charge in [0, 0.05) is 5.41 Å². The predicted molar refractivity (Wildman–Crippen MR) is 108 cm³/mol. The maximum atomic E-state index is 11.6. The Morgan fingerprint density at radius 2 is 1.61 bits per heavy atom. The van der Waals surface area contributed by atoms with E-state index in [2.05, 4.69) is 11.8 Å². The van der Waals surface area contributed by atoms with E-state index >= 15 is 0 Å². The maximum absolute atomic E-state index is 11.6. The van der Waals surface area contributed by atoms with Gasteiger partial charge in [0.25, 0.3) is 0 Å². The molecule has 2 aromatic carbocycles. The van der Waals surface area contributed by atoms with Gasteiger partial charge in [0.05, 0.1) is 32.7 Å². The normalized spacial score (nSPS) is 14.9. The molecule has 3 rings (SSSR count). The zero-order chi connectivity index (χ0) is 19.8. The number of methoxy groups -OCH3 is 1. The number of esters is 1. The van der Waals surface area contributed by atoms with Crippen molar-refractivity contribution in [3.8, 4) is 23.3 Å². The Hall–Kier alpha value is -2.93. The summed E-state index contributed by atoms with van der Waals surface area (Å²) >= 11 is 0. The Balaban J connectivity index is 1.53. The molecule has 146 valence electrons. The van der Waals surface area contributed by atoms with E-state index in [4.69, 9.17) is 14.2 Å². The lowest BCUT2D eigenvalue weighted by Crippen LogP contribution is -2.21. The molecule has 0 aromatic heterocycles. The second kappa shape index (κ2) is 9.32. The lowest BCUT2D eigenvalue weighted by Gasteiger charge is -2.18. The molecule has 0 N–H and O–H groups in total. The first-order chi connectivity index (χ1) is 13.6. The SMILES string of the molecule is CC#CC(CC(=O)OC)c1ccc(OCC2(COc3ccccc3)CC2)cc1. The Morgan fingerprint density at radius 3 is 2.14 bits per heavy atom. The molecule has 0 bridgehead atoms. The monoisotopic (exact) mass is 378 g/mol. The Morgan fingerprint density at radius 1 is 1.00 bits per heavy atom. The average molecular weight is 378 g/mol. The lowest BCUT2D eigenvalue weighted by molar-refractivity contribution is -0.140. The molecule has 0 amide bonds. The lowest BCUT2D eigenvalue weighted by atomic mass is 9.96. The van der Waals surface area contributed by atoms with Gasteiger partial charge in [-0.15, -0.1) is 5.92 Å². The molecular formula is C24H26O4. The first kappa shape index (κ1) is 19.8. The Kier molecular flexibility index (Phi) is 6.60. The van der Waals surface area contributed by atoms with Crippen LogP contribution in [0.15, 0.2) is 54.6 Å². The topological polar surface area (TPSA) is 44.8 Å². The Bertz CT molecular complexity index is 826. The molecule has 1 aliphatic rings. The van der Waals surface area contributed by atoms with Gasteiger partial charge in [-0.1, -0.05) is 36.3 Å². The van der Waals surface area contributed by atoms with Crippen molar-refractivity contribution in [2.45, 2.75) is 32.1 Å². The molecule has 4 heteroatoms. The van der Waals surface area contributed by atoms with Crippen LogP contribution in [0.2, 0.25) is 0 Å². The number of hydrogen-bond acceptors (Lipinski definition) is 4. The molecule has 1 atom stereocenters. The van der Waals surface area contributed by atoms with Crippen LogP contribution < -0.4 is 9.47 Å². The summed E-state index contributed by atoms with van der Waals surface area (Å²) in [6.45, 7) is 3.08. The van der Waals surface area contributed by atoms with Crippen molar-refractivity contribution in [3.05, 3.63) is 60.2 Å². The van der Waals surface area contributed by atoms with Gasteiger partial charge < -0.3 is 14.2 Å². The second-order valence-corrected chi connectivity index (χ2v) is 7.19. The minimum Gasteiger partial charge on any atom is -0.493 e. The van der Waals surface area contributed by atoms with Crippen molar-refractivity contribution in [1.29, 1.82) is 0 Å². The fourth-order valence-electron chi connectivity index (χ4n) is 2.97. The molecule has 28 heavy (non-hydrogen) atoms. The number of carbonyl (C=O) groups excluding carboxylic acids is 1. The summed E-state index contributed by atoms with van der Waals surface area (Å²) in [4.78, 5) is 11.6. The summed E-state index contributed by atoms with van der Waals surface area (Å²) in [6.07, 6.45) is 2.48. The number of benzene rings is 2. The third kappa shape index (κ3) is 5.53. The molecular weight excluding hydrogens is 352 g/mol. The van der Waals surface area contributed by atoms with E-state index < -0.39 is 0 Å². The third-order valence-electron chi connectivity index (χ3n) is 4.99. The highest BCUT2D eigenvalue weighted by Crippen LogP contribution is 2.46. The van der Waals surface area contributed by atoms with E-state index in [0.29, 0.717) is 13.2 Å². The van der Waals surface area contributed by atoms with Crippen LogP contribution in [0.1, 0.15) is 37.7 Å². The highest BCUT2D eigenvalue weighted by Gasteiger charge is 2.44. The van der Waals surface area contributed by atoms with Crippen LogP contribution in [0.3, 0.4) is 0 Å². The molecule has 4 nitrogen and oxygen atoms in total. The number of ether oxygens (including phenoxy) is 3. The summed E-state index contributed by atoms with van der Waals surface area (Å²) in [7, 11) is 1.39. The van der Waals surface area contributed by atoms with Gasteiger partial charge in [-0.2, -0.15) is 0 Å². The largest absolute Gasteiger partial charge is 0.493 e. The van der Waals surface area contributed by atoms with Gasteiger partial charge >= 0.3 is 5.97 Å². The quantitative estimate of drug-likeness (QED) is 0.473. The van der Waals surface area contributed by atoms with Crippen LogP contribution >= 0.6 is 0 Å². The highest BCUT2D eigenvalue weighted by molar-refractivity contribution is 5.71. The number of hydrogen-bond donors (Lipinski definition) is 0. The summed E-state index contributed by atoms with van der Waals surface area (Å²) in [6, 6.07) is 17.7. The Labute approximate surface area is 166 Å². The third-order valence-corrected chi connectivity index (χ3v) is 4.99. The van der Waals surface area contributed by atoms with E-state index in [-0.39, 0.29) is 23.7 Å². The summed E-state index contributed by atoms with van der Waals surface area (Å²) in [5.74, 6) is 7.25. The minimum absolute atomic E-state index is 0.107. The van der Waals surface area contributed by atoms with Crippen LogP contribution in [0.25, 0.3) is 0 Å². The van der Waals surface area contributed by atoms with Gasteiger partial charge in [-0.05, 0) is 49.6 Å². The summed E-state index contributed by atoms with van der Waals surface area (Å²) < 4.78 is 16.7. The molecule has 0 aliphatic heterocycles. The zero-order valence-electron chi connectivity index (χ0n) is 16.4. The molecule has 1 aliphatic carbocycles. The predicted octanol–water partition coefficient (Wildman–Crippen LogP) is 4.59. The average Bonchev–Trinajstić information content (AvgIpc) is 3.52. The second-order valence-electron chi connectivity index (χ2n) is 7.19. The van der Waals surface area contributed by atoms with Crippen molar-refractivity contribution < 1.29 is 19.0 Å². The first-order valence-electron chi connectivity index (χ1n) is 9.54. The molecule has 0 heterocycles. The van der Waals surface area contributed by atoms with E-state index in [0.717, 1.165) is 29.9 Å². The molecule has 0 spiro atoms. The standard InChI is InChI=1S/C24H26O4/c1-3-7-20(16-23(25)26-2)19-10-12-22(13-11-19)28-18-24(14-15-24)17-27-21-8-5-4-6-9-21/h4-6,8-13,20H,14-18H2,1-2H3. The summed E-state index contributed by atoms with van der Waals surface area (Å²) in [5, 5.41) is 0. The van der Waals surface area contributed by atoms with Gasteiger partial charge in [0.2, 0.25) is 0 Å². The number of para-hydroxylation sites is 1. The van der Waals surface area contributed by atoms with Crippen molar-refractivity contribution in [2.75, 3.05) is 20.3 Å². The molecule has 1 unspecified atom stereocenters. The molecule has 1 fully saturated rings. The van der Waals surface area contributed by atoms with E-state index in [1.807, 2.05) is 54.6 Å². The smallest absolute Gasteiger partial charge is 0.307 e. The molecule has 2 aromatic rings. The molecule has 0 saturated heterocycles. The van der Waals surface area contributed by atoms with Crippen LogP contribution in [0, 0.1) is 17.3 Å². The fraction of sp³-hybridized carbons (Fsp3) is 0.375. The van der Waals surface area contributed by atoms with Gasteiger partial charge in [0.15, 0.2) is 0 Å². The van der Waals surface area contributed by atoms with Crippen molar-refractivity contribution >= 4 is 5.97 Å². The van der Waals surface area contributed by atoms with Crippen molar-refractivity contribution in [2.24, 2.45) is 5.41 Å². The van der Waals surface area contributed by atoms with Crippen LogP contribution in [-0.4, -0.2) is 26.3 Å². The van der Waals surface area contributed by atoms with Crippen LogP contribution in [0.4, 0.5) is 0 Å². The van der Waals surface area contributed by atoms with Gasteiger partial charge in [-0.25, -0.2) is 0 Å². The van der Waals surface area contributed by atoms with Crippen LogP contribution in [0.5, 0.6) is 11.5 Å². The van der Waals surface area contributed by atoms with Crippen molar-refractivity contribution in [3.63, 3.8) is 0 Å². The molecule has 1 saturated carbocycles. The minimum atomic E-state index is -0.262. The molecule has 0 radical (unpaired) electrons. The van der Waals surface area contributed by atoms with E-state index in [1.54, 1.807) is 6.92 Å². The summed E-state index contributed by atoms with van der Waals surface area (Å²) in [5.41, 5.74) is 1.09. The zero-order valence-corrected chi connectivity index (χ0v) is 16.4. The fourth-order valence-corrected chi connectivity index (χ4v) is 2.97. The highest BCUT2D eigenvalue weighted by atomic mass is 16.5. The maximum Gasteiger partial charge on any atom is 0.307 e. The number of rotatable bonds is 9. The van der Waals surface area contributed by atoms with Crippen LogP contribution in [-0.2, 0) is 9.53 Å². The van der Waals surface area contributed by atoms with E-state index in [1.165, 1.54) is 7.11 Å².